The van der Waals surface area contributed by atoms with Gasteiger partial charge in [-0.3, -0.25) is 0 Å². The maximum absolute atomic E-state index is 4.05. The minimum atomic E-state index is -0.403. The molecule has 0 N–H and O–H groups in total. The predicted octanol–water partition coefficient (Wildman–Crippen LogP) is 14.3. The molecule has 1 aromatic heterocycles. The van der Waals surface area contributed by atoms with Crippen molar-refractivity contribution in [2.75, 3.05) is 4.90 Å². The fourth-order valence-electron chi connectivity index (χ4n) is 9.23. The molecule has 0 spiro atoms. The lowest BCUT2D eigenvalue weighted by Crippen LogP contribution is -2.31. The van der Waals surface area contributed by atoms with Crippen molar-refractivity contribution in [2.24, 2.45) is 0 Å². The van der Waals surface area contributed by atoms with E-state index in [0.29, 0.717) is 0 Å². The average molecular weight is 731 g/mol. The minimum Gasteiger partial charge on any atom is -0.310 e. The van der Waals surface area contributed by atoms with Gasteiger partial charge in [-0.1, -0.05) is 159 Å². The molecule has 0 bridgehead atoms. The normalized spacial score (nSPS) is 12.6. The monoisotopic (exact) mass is 730 g/mol. The van der Waals surface area contributed by atoms with Crippen LogP contribution in [-0.2, 0) is 18.3 Å². The van der Waals surface area contributed by atoms with Crippen molar-refractivity contribution in [2.45, 2.75) is 18.3 Å². The van der Waals surface area contributed by atoms with Gasteiger partial charge in [0.25, 0.3) is 0 Å². The third-order valence-corrected chi connectivity index (χ3v) is 11.9. The summed E-state index contributed by atoms with van der Waals surface area (Å²) < 4.78 is 2.45. The Hall–Kier alpha value is -7.16. The van der Waals surface area contributed by atoms with Crippen molar-refractivity contribution in [3.05, 3.63) is 241 Å². The van der Waals surface area contributed by atoms with Crippen LogP contribution in [0.5, 0.6) is 0 Å². The zero-order valence-corrected chi connectivity index (χ0v) is 31.9. The van der Waals surface area contributed by atoms with Gasteiger partial charge in [-0.2, -0.15) is 0 Å². The first-order chi connectivity index (χ1) is 28.1. The molecule has 0 unspecified atom stereocenters. The quantitative estimate of drug-likeness (QED) is 0.136. The van der Waals surface area contributed by atoms with Crippen LogP contribution >= 0.6 is 0 Å². The van der Waals surface area contributed by atoms with E-state index in [1.54, 1.807) is 0 Å². The molecule has 2 heteroatoms. The van der Waals surface area contributed by atoms with Crippen LogP contribution in [-0.4, -0.2) is 4.57 Å². The summed E-state index contributed by atoms with van der Waals surface area (Å²) in [5.74, 6) is 0. The van der Waals surface area contributed by atoms with E-state index >= 15 is 0 Å². The second kappa shape index (κ2) is 14.2. The second-order valence-corrected chi connectivity index (χ2v) is 15.2. The van der Waals surface area contributed by atoms with Crippen LogP contribution in [0.25, 0.3) is 50.8 Å². The second-order valence-electron chi connectivity index (χ2n) is 15.2. The summed E-state index contributed by atoms with van der Waals surface area (Å²) in [5.41, 5.74) is 16.7. The van der Waals surface area contributed by atoms with Gasteiger partial charge in [-0.15, -0.1) is 0 Å². The Morgan fingerprint density at radius 2 is 0.895 bits per heavy atom. The number of nitrogens with zero attached hydrogens (tertiary/aromatic N) is 2. The Labute approximate surface area is 334 Å². The summed E-state index contributed by atoms with van der Waals surface area (Å²) in [6.45, 7) is 8.09. The molecule has 1 aliphatic rings. The van der Waals surface area contributed by atoms with Crippen molar-refractivity contribution in [3.8, 4) is 16.8 Å². The molecule has 0 fully saturated rings. The van der Waals surface area contributed by atoms with Crippen LogP contribution in [0, 0.1) is 0 Å². The van der Waals surface area contributed by atoms with Gasteiger partial charge in [0.05, 0.1) is 11.0 Å². The Balaban J connectivity index is 1.25. The summed E-state index contributed by atoms with van der Waals surface area (Å²) in [6, 6.07) is 71.3. The number of aromatic nitrogens is 1. The summed E-state index contributed by atoms with van der Waals surface area (Å²) in [4.78, 5) is 2.38. The van der Waals surface area contributed by atoms with Gasteiger partial charge >= 0.3 is 0 Å². The molecule has 0 radical (unpaired) electrons. The van der Waals surface area contributed by atoms with Gasteiger partial charge in [0.1, 0.15) is 0 Å². The number of benzene rings is 8. The third kappa shape index (κ3) is 5.89. The lowest BCUT2D eigenvalue weighted by molar-refractivity contribution is 0.520. The van der Waals surface area contributed by atoms with E-state index in [0.717, 1.165) is 41.0 Å². The number of anilines is 3. The molecule has 0 saturated carbocycles. The number of fused-ring (bicyclic) bond motifs is 6. The SMILES string of the molecule is C=Cc1ccc(CC2(Cc3ccc(C=C)cc3)c3cc(N(c4ccccc4)c4ccccc4)ccc3-c3ccc(-n4c5ccccc5c5ccccc54)cc32)cc1. The molecule has 0 aliphatic heterocycles. The molecule has 10 rings (SSSR count). The van der Waals surface area contributed by atoms with E-state index in [-0.39, 0.29) is 0 Å². The fourth-order valence-corrected chi connectivity index (χ4v) is 9.23. The van der Waals surface area contributed by atoms with Gasteiger partial charge < -0.3 is 9.47 Å². The van der Waals surface area contributed by atoms with Crippen molar-refractivity contribution in [3.63, 3.8) is 0 Å². The Bertz CT molecular complexity index is 2770. The van der Waals surface area contributed by atoms with E-state index in [9.17, 15) is 0 Å². The number of para-hydroxylation sites is 4. The third-order valence-electron chi connectivity index (χ3n) is 11.9. The van der Waals surface area contributed by atoms with Crippen LogP contribution < -0.4 is 4.90 Å². The maximum atomic E-state index is 4.05. The van der Waals surface area contributed by atoms with Crippen LogP contribution in [0.3, 0.4) is 0 Å². The van der Waals surface area contributed by atoms with Gasteiger partial charge in [0, 0.05) is 38.9 Å². The van der Waals surface area contributed by atoms with Crippen molar-refractivity contribution >= 4 is 51.0 Å². The van der Waals surface area contributed by atoms with Gasteiger partial charge in [-0.05, 0) is 118 Å². The van der Waals surface area contributed by atoms with Crippen LogP contribution in [0.4, 0.5) is 17.1 Å². The Morgan fingerprint density at radius 3 is 1.40 bits per heavy atom. The van der Waals surface area contributed by atoms with Crippen LogP contribution in [0.15, 0.2) is 207 Å². The highest BCUT2D eigenvalue weighted by Gasteiger charge is 2.44. The Morgan fingerprint density at radius 1 is 0.439 bits per heavy atom. The first kappa shape index (κ1) is 34.3. The molecule has 272 valence electrons. The lowest BCUT2D eigenvalue weighted by atomic mass is 9.69. The molecule has 8 aromatic carbocycles. The van der Waals surface area contributed by atoms with E-state index < -0.39 is 5.41 Å². The zero-order valence-electron chi connectivity index (χ0n) is 31.9. The fraction of sp³-hybridized carbons (Fsp3) is 0.0545. The van der Waals surface area contributed by atoms with E-state index in [1.165, 1.54) is 60.9 Å². The highest BCUT2D eigenvalue weighted by atomic mass is 15.1. The smallest absolute Gasteiger partial charge is 0.0541 e. The number of hydrogen-bond donors (Lipinski definition) is 0. The number of hydrogen-bond acceptors (Lipinski definition) is 1. The number of rotatable bonds is 10. The molecule has 0 amide bonds. The molecular weight excluding hydrogens is 689 g/mol. The topological polar surface area (TPSA) is 8.17 Å². The molecule has 1 heterocycles. The zero-order chi connectivity index (χ0) is 38.3. The van der Waals surface area contributed by atoms with E-state index in [4.69, 9.17) is 0 Å². The van der Waals surface area contributed by atoms with Crippen LogP contribution in [0.2, 0.25) is 0 Å². The standard InChI is InChI=1S/C55H42N2/c1-3-39-23-27-41(28-24-39)37-55(38-42-29-25-40(4-2)26-30-42)51-35-45(56(43-15-7-5-8-16-43)44-17-9-6-10-18-44)31-33-47(51)48-34-32-46(36-52(48)55)57-53-21-13-11-19-49(53)50-20-12-14-22-54(50)57/h3-36H,1-2,37-38H2. The van der Waals surface area contributed by atoms with Crippen LogP contribution in [0.1, 0.15) is 33.4 Å². The Kier molecular flexibility index (Phi) is 8.53. The molecule has 0 atom stereocenters. The minimum absolute atomic E-state index is 0.403. The van der Waals surface area contributed by atoms with Gasteiger partial charge in [0.2, 0.25) is 0 Å². The summed E-state index contributed by atoms with van der Waals surface area (Å²) in [6.07, 6.45) is 5.49. The summed E-state index contributed by atoms with van der Waals surface area (Å²) >= 11 is 0. The molecular formula is C55H42N2. The van der Waals surface area contributed by atoms with Crippen molar-refractivity contribution in [1.82, 2.24) is 4.57 Å². The van der Waals surface area contributed by atoms with Gasteiger partial charge in [-0.25, -0.2) is 0 Å². The highest BCUT2D eigenvalue weighted by Crippen LogP contribution is 2.55. The van der Waals surface area contributed by atoms with Crippen molar-refractivity contribution < 1.29 is 0 Å². The first-order valence-corrected chi connectivity index (χ1v) is 19.7. The molecule has 57 heavy (non-hydrogen) atoms. The molecule has 9 aromatic rings. The maximum Gasteiger partial charge on any atom is 0.0541 e. The van der Waals surface area contributed by atoms with Gasteiger partial charge in [0.15, 0.2) is 0 Å². The van der Waals surface area contributed by atoms with E-state index in [2.05, 4.69) is 217 Å². The largest absolute Gasteiger partial charge is 0.310 e. The highest BCUT2D eigenvalue weighted by molar-refractivity contribution is 6.09. The molecule has 0 saturated heterocycles. The average Bonchev–Trinajstić information content (AvgIpc) is 3.74. The van der Waals surface area contributed by atoms with E-state index in [1.807, 2.05) is 12.2 Å². The first-order valence-electron chi connectivity index (χ1n) is 19.7. The van der Waals surface area contributed by atoms with Crippen molar-refractivity contribution in [1.29, 1.82) is 0 Å². The molecule has 1 aliphatic carbocycles. The lowest BCUT2D eigenvalue weighted by Gasteiger charge is -2.34. The predicted molar refractivity (Wildman–Crippen MR) is 242 cm³/mol. The summed E-state index contributed by atoms with van der Waals surface area (Å²) in [7, 11) is 0. The summed E-state index contributed by atoms with van der Waals surface area (Å²) in [5, 5.41) is 2.53. The molecule has 2 nitrogen and oxygen atoms in total.